The Hall–Kier alpha value is -3.09. The number of carbonyl (C=O) groups is 2. The second-order valence-corrected chi connectivity index (χ2v) is 7.22. The van der Waals surface area contributed by atoms with Gasteiger partial charge in [-0.25, -0.2) is 4.98 Å². The van der Waals surface area contributed by atoms with E-state index in [4.69, 9.17) is 4.74 Å². The van der Waals surface area contributed by atoms with Crippen LogP contribution in [-0.4, -0.2) is 40.0 Å². The molecule has 0 atom stereocenters. The minimum absolute atomic E-state index is 0.00494. The van der Waals surface area contributed by atoms with E-state index in [-0.39, 0.29) is 29.8 Å². The minimum Gasteiger partial charge on any atom is -0.507 e. The standard InChI is InChI=1S/C21H23N3O4/c1-28-20-13(11-22-19(26)15-8-4-5-9-18(15)25)10-16-17(23-20)12-24(21(16)27)14-6-2-3-7-14/h4-5,8-10,14,25H,2-3,6-7,11-12H2,1H3,(H,22,26). The lowest BCUT2D eigenvalue weighted by molar-refractivity contribution is 0.0706. The lowest BCUT2D eigenvalue weighted by Gasteiger charge is -2.22. The summed E-state index contributed by atoms with van der Waals surface area (Å²) in [6.45, 7) is 0.660. The van der Waals surface area contributed by atoms with Crippen LogP contribution in [0.15, 0.2) is 30.3 Å². The van der Waals surface area contributed by atoms with Crippen molar-refractivity contribution in [3.8, 4) is 11.6 Å². The summed E-state index contributed by atoms with van der Waals surface area (Å²) in [7, 11) is 1.52. The summed E-state index contributed by atoms with van der Waals surface area (Å²) in [4.78, 5) is 31.7. The Morgan fingerprint density at radius 3 is 2.79 bits per heavy atom. The predicted octanol–water partition coefficient (Wildman–Crippen LogP) is 2.62. The summed E-state index contributed by atoms with van der Waals surface area (Å²) in [6.07, 6.45) is 4.40. The van der Waals surface area contributed by atoms with E-state index in [9.17, 15) is 14.7 Å². The first-order chi connectivity index (χ1) is 13.6. The Morgan fingerprint density at radius 2 is 2.07 bits per heavy atom. The number of pyridine rings is 1. The molecule has 1 aromatic carbocycles. The third kappa shape index (κ3) is 3.28. The molecule has 4 rings (SSSR count). The molecule has 0 bridgehead atoms. The molecule has 0 spiro atoms. The average Bonchev–Trinajstić information content (AvgIpc) is 3.34. The maximum Gasteiger partial charge on any atom is 0.256 e. The van der Waals surface area contributed by atoms with Crippen molar-refractivity contribution < 1.29 is 19.4 Å². The summed E-state index contributed by atoms with van der Waals surface area (Å²) in [6, 6.07) is 8.40. The van der Waals surface area contributed by atoms with Gasteiger partial charge in [0.05, 0.1) is 30.5 Å². The average molecular weight is 381 g/mol. The van der Waals surface area contributed by atoms with Crippen LogP contribution in [0.1, 0.15) is 57.7 Å². The van der Waals surface area contributed by atoms with Crippen molar-refractivity contribution in [3.63, 3.8) is 0 Å². The Morgan fingerprint density at radius 1 is 1.32 bits per heavy atom. The molecule has 7 heteroatoms. The molecule has 2 N–H and O–H groups in total. The number of hydrogen-bond donors (Lipinski definition) is 2. The molecule has 2 aromatic rings. The largest absolute Gasteiger partial charge is 0.507 e. The van der Waals surface area contributed by atoms with Gasteiger partial charge in [-0.1, -0.05) is 25.0 Å². The zero-order chi connectivity index (χ0) is 19.7. The summed E-state index contributed by atoms with van der Waals surface area (Å²) in [5.74, 6) is -0.0799. The topological polar surface area (TPSA) is 91.8 Å². The first-order valence-corrected chi connectivity index (χ1v) is 9.52. The highest BCUT2D eigenvalue weighted by Crippen LogP contribution is 2.33. The van der Waals surface area contributed by atoms with E-state index in [0.717, 1.165) is 31.4 Å². The van der Waals surface area contributed by atoms with Crippen LogP contribution < -0.4 is 10.1 Å². The first kappa shape index (κ1) is 18.3. The summed E-state index contributed by atoms with van der Waals surface area (Å²) >= 11 is 0. The number of para-hydroxylation sites is 1. The molecule has 2 heterocycles. The molecule has 0 radical (unpaired) electrons. The van der Waals surface area contributed by atoms with E-state index < -0.39 is 5.91 Å². The molecule has 1 aliphatic carbocycles. The fourth-order valence-corrected chi connectivity index (χ4v) is 4.02. The lowest BCUT2D eigenvalue weighted by Crippen LogP contribution is -2.33. The Bertz CT molecular complexity index is 922. The SMILES string of the molecule is COc1nc2c(cc1CNC(=O)c1ccccc1O)C(=O)N(C1CCCC1)C2. The second-order valence-electron chi connectivity index (χ2n) is 7.22. The van der Waals surface area contributed by atoms with Gasteiger partial charge in [-0.05, 0) is 31.0 Å². The van der Waals surface area contributed by atoms with Crippen LogP contribution in [0.4, 0.5) is 0 Å². The number of phenols is 1. The number of methoxy groups -OCH3 is 1. The van der Waals surface area contributed by atoms with Crippen LogP contribution in [0.5, 0.6) is 11.6 Å². The van der Waals surface area contributed by atoms with Crippen molar-refractivity contribution in [2.45, 2.75) is 44.8 Å². The van der Waals surface area contributed by atoms with E-state index in [1.807, 2.05) is 4.90 Å². The second kappa shape index (κ2) is 7.50. The normalized spacial score (nSPS) is 16.3. The number of fused-ring (bicyclic) bond motifs is 1. The van der Waals surface area contributed by atoms with Crippen molar-refractivity contribution in [3.05, 3.63) is 52.7 Å². The van der Waals surface area contributed by atoms with Crippen molar-refractivity contribution in [1.82, 2.24) is 15.2 Å². The highest BCUT2D eigenvalue weighted by atomic mass is 16.5. The molecule has 1 aliphatic heterocycles. The number of ether oxygens (including phenoxy) is 1. The lowest BCUT2D eigenvalue weighted by atomic mass is 10.1. The highest BCUT2D eigenvalue weighted by molar-refractivity contribution is 5.98. The van der Waals surface area contributed by atoms with Gasteiger partial charge in [0.2, 0.25) is 5.88 Å². The first-order valence-electron chi connectivity index (χ1n) is 9.52. The maximum atomic E-state index is 12.9. The van der Waals surface area contributed by atoms with Gasteiger partial charge >= 0.3 is 0 Å². The van der Waals surface area contributed by atoms with Crippen molar-refractivity contribution in [2.75, 3.05) is 7.11 Å². The minimum atomic E-state index is -0.403. The number of aromatic hydroxyl groups is 1. The number of carbonyl (C=O) groups excluding carboxylic acids is 2. The van der Waals surface area contributed by atoms with Gasteiger partial charge in [-0.15, -0.1) is 0 Å². The van der Waals surface area contributed by atoms with Crippen LogP contribution in [0.2, 0.25) is 0 Å². The third-order valence-corrected chi connectivity index (χ3v) is 5.50. The molecule has 2 aliphatic rings. The van der Waals surface area contributed by atoms with E-state index in [1.54, 1.807) is 24.3 Å². The zero-order valence-corrected chi connectivity index (χ0v) is 15.8. The number of nitrogens with one attached hydrogen (secondary N) is 1. The van der Waals surface area contributed by atoms with E-state index in [0.29, 0.717) is 23.6 Å². The van der Waals surface area contributed by atoms with Gasteiger partial charge in [0.15, 0.2) is 0 Å². The van der Waals surface area contributed by atoms with Crippen molar-refractivity contribution >= 4 is 11.8 Å². The molecular formula is C21H23N3O4. The van der Waals surface area contributed by atoms with Crippen LogP contribution in [0, 0.1) is 0 Å². The van der Waals surface area contributed by atoms with Crippen LogP contribution >= 0.6 is 0 Å². The molecule has 1 fully saturated rings. The molecule has 0 unspecified atom stereocenters. The van der Waals surface area contributed by atoms with E-state index >= 15 is 0 Å². The van der Waals surface area contributed by atoms with Crippen LogP contribution in [0.25, 0.3) is 0 Å². The number of hydrogen-bond acceptors (Lipinski definition) is 5. The molecular weight excluding hydrogens is 358 g/mol. The number of aromatic nitrogens is 1. The van der Waals surface area contributed by atoms with E-state index in [2.05, 4.69) is 10.3 Å². The van der Waals surface area contributed by atoms with Gasteiger partial charge < -0.3 is 20.1 Å². The summed E-state index contributed by atoms with van der Waals surface area (Å²) in [5.41, 5.74) is 2.13. The van der Waals surface area contributed by atoms with Gasteiger partial charge in [0, 0.05) is 18.2 Å². The zero-order valence-electron chi connectivity index (χ0n) is 15.8. The molecule has 28 heavy (non-hydrogen) atoms. The van der Waals surface area contributed by atoms with Gasteiger partial charge in [-0.2, -0.15) is 0 Å². The molecule has 2 amide bonds. The fraction of sp³-hybridized carbons (Fsp3) is 0.381. The van der Waals surface area contributed by atoms with Gasteiger partial charge in [-0.3, -0.25) is 9.59 Å². The number of phenolic OH excluding ortho intramolecular Hbond substituents is 1. The Balaban J connectivity index is 1.53. The molecule has 7 nitrogen and oxygen atoms in total. The van der Waals surface area contributed by atoms with Crippen molar-refractivity contribution in [1.29, 1.82) is 0 Å². The third-order valence-electron chi connectivity index (χ3n) is 5.50. The number of nitrogens with zero attached hydrogens (tertiary/aromatic N) is 2. The Labute approximate surface area is 163 Å². The van der Waals surface area contributed by atoms with Gasteiger partial charge in [0.25, 0.3) is 11.8 Å². The number of amides is 2. The highest BCUT2D eigenvalue weighted by Gasteiger charge is 2.35. The smallest absolute Gasteiger partial charge is 0.256 e. The molecule has 0 saturated heterocycles. The van der Waals surface area contributed by atoms with Crippen LogP contribution in [-0.2, 0) is 13.1 Å². The number of rotatable bonds is 5. The molecule has 1 aromatic heterocycles. The Kier molecular flexibility index (Phi) is 4.90. The predicted molar refractivity (Wildman–Crippen MR) is 102 cm³/mol. The summed E-state index contributed by atoms with van der Waals surface area (Å²) < 4.78 is 5.39. The van der Waals surface area contributed by atoms with Crippen molar-refractivity contribution in [2.24, 2.45) is 0 Å². The van der Waals surface area contributed by atoms with Crippen LogP contribution in [0.3, 0.4) is 0 Å². The summed E-state index contributed by atoms with van der Waals surface area (Å²) in [5, 5.41) is 12.6. The number of benzene rings is 1. The molecule has 146 valence electrons. The monoisotopic (exact) mass is 381 g/mol. The quantitative estimate of drug-likeness (QED) is 0.831. The fourth-order valence-electron chi connectivity index (χ4n) is 4.02. The van der Waals surface area contributed by atoms with E-state index in [1.165, 1.54) is 13.2 Å². The van der Waals surface area contributed by atoms with Gasteiger partial charge in [0.1, 0.15) is 5.75 Å². The maximum absolute atomic E-state index is 12.9. The molecule has 1 saturated carbocycles.